The van der Waals surface area contributed by atoms with Gasteiger partial charge in [0.1, 0.15) is 18.0 Å². The van der Waals surface area contributed by atoms with Crippen molar-refractivity contribution in [3.63, 3.8) is 0 Å². The van der Waals surface area contributed by atoms with Crippen LogP contribution in [-0.2, 0) is 6.42 Å². The van der Waals surface area contributed by atoms with Crippen molar-refractivity contribution in [1.82, 2.24) is 20.1 Å². The van der Waals surface area contributed by atoms with E-state index in [1.165, 1.54) is 0 Å². The first kappa shape index (κ1) is 13.3. The summed E-state index contributed by atoms with van der Waals surface area (Å²) in [6.07, 6.45) is 3.29. The van der Waals surface area contributed by atoms with E-state index in [4.69, 9.17) is 4.52 Å². The Morgan fingerprint density at radius 1 is 1.16 bits per heavy atom. The number of aryl methyl sites for hydroxylation is 1. The quantitative estimate of drug-likeness (QED) is 0.784. The molecule has 7 nitrogen and oxygen atoms in total. The molecule has 0 saturated heterocycles. The molecule has 0 amide bonds. The molecule has 0 bridgehead atoms. The first-order chi connectivity index (χ1) is 9.28. The summed E-state index contributed by atoms with van der Waals surface area (Å²) in [5.41, 5.74) is 0. The van der Waals surface area contributed by atoms with Crippen LogP contribution in [0, 0.1) is 6.92 Å². The van der Waals surface area contributed by atoms with Crippen molar-refractivity contribution in [2.75, 3.05) is 23.7 Å². The number of hydrogen-bond acceptors (Lipinski definition) is 7. The number of hydrogen-bond donors (Lipinski definition) is 2. The Hall–Kier alpha value is -2.18. The molecule has 2 N–H and O–H groups in total. The van der Waals surface area contributed by atoms with Crippen LogP contribution in [0.2, 0.25) is 0 Å². The van der Waals surface area contributed by atoms with Gasteiger partial charge in [0.05, 0.1) is 0 Å². The molecule has 0 radical (unpaired) electrons. The Morgan fingerprint density at radius 3 is 2.53 bits per heavy atom. The standard InChI is InChI=1S/C12H18N6O/c1-3-5-13-11-7-12(16-8-15-11)14-6-4-10-17-9(2)19-18-10/h7-8H,3-6H2,1-2H3,(H2,13,14,15,16). The van der Waals surface area contributed by atoms with Gasteiger partial charge in [0, 0.05) is 32.5 Å². The third kappa shape index (κ3) is 4.20. The minimum Gasteiger partial charge on any atom is -0.370 e. The molecule has 2 aromatic heterocycles. The molecule has 7 heteroatoms. The largest absolute Gasteiger partial charge is 0.370 e. The monoisotopic (exact) mass is 262 g/mol. The van der Waals surface area contributed by atoms with E-state index in [2.05, 4.69) is 37.7 Å². The smallest absolute Gasteiger partial charge is 0.223 e. The molecule has 19 heavy (non-hydrogen) atoms. The maximum absolute atomic E-state index is 4.91. The highest BCUT2D eigenvalue weighted by Gasteiger charge is 2.02. The molecule has 0 aromatic carbocycles. The average Bonchev–Trinajstić information content (AvgIpc) is 2.83. The van der Waals surface area contributed by atoms with Crippen molar-refractivity contribution in [3.05, 3.63) is 24.1 Å². The van der Waals surface area contributed by atoms with E-state index in [-0.39, 0.29) is 0 Å². The highest BCUT2D eigenvalue weighted by atomic mass is 16.5. The second-order valence-corrected chi connectivity index (χ2v) is 4.12. The first-order valence-corrected chi connectivity index (χ1v) is 6.37. The summed E-state index contributed by atoms with van der Waals surface area (Å²) in [5.74, 6) is 2.90. The second kappa shape index (κ2) is 6.67. The Balaban J connectivity index is 1.82. The molecule has 0 atom stereocenters. The van der Waals surface area contributed by atoms with E-state index < -0.39 is 0 Å². The zero-order valence-electron chi connectivity index (χ0n) is 11.2. The first-order valence-electron chi connectivity index (χ1n) is 6.37. The molecule has 0 unspecified atom stereocenters. The maximum atomic E-state index is 4.91. The van der Waals surface area contributed by atoms with Crippen LogP contribution >= 0.6 is 0 Å². The summed E-state index contributed by atoms with van der Waals surface area (Å²) in [6.45, 7) is 5.49. The zero-order chi connectivity index (χ0) is 13.5. The van der Waals surface area contributed by atoms with Crippen LogP contribution in [-0.4, -0.2) is 33.2 Å². The van der Waals surface area contributed by atoms with Crippen molar-refractivity contribution >= 4 is 11.6 Å². The van der Waals surface area contributed by atoms with Crippen LogP contribution in [0.5, 0.6) is 0 Å². The predicted octanol–water partition coefficient (Wildman–Crippen LogP) is 1.64. The third-order valence-electron chi connectivity index (χ3n) is 2.45. The summed E-state index contributed by atoms with van der Waals surface area (Å²) in [7, 11) is 0. The number of nitrogens with one attached hydrogen (secondary N) is 2. The summed E-state index contributed by atoms with van der Waals surface area (Å²) in [4.78, 5) is 12.4. The highest BCUT2D eigenvalue weighted by Crippen LogP contribution is 2.08. The van der Waals surface area contributed by atoms with E-state index in [1.54, 1.807) is 13.3 Å². The van der Waals surface area contributed by atoms with E-state index in [0.29, 0.717) is 24.7 Å². The lowest BCUT2D eigenvalue weighted by molar-refractivity contribution is 0.387. The molecule has 2 heterocycles. The Labute approximate surface area is 111 Å². The fourth-order valence-electron chi connectivity index (χ4n) is 1.55. The van der Waals surface area contributed by atoms with Gasteiger partial charge in [0.15, 0.2) is 5.82 Å². The van der Waals surface area contributed by atoms with Crippen molar-refractivity contribution in [1.29, 1.82) is 0 Å². The second-order valence-electron chi connectivity index (χ2n) is 4.12. The molecule has 0 spiro atoms. The minimum atomic E-state index is 0.586. The average molecular weight is 262 g/mol. The van der Waals surface area contributed by atoms with Crippen molar-refractivity contribution in [2.24, 2.45) is 0 Å². The molecule has 0 aliphatic carbocycles. The van der Waals surface area contributed by atoms with Gasteiger partial charge in [-0.2, -0.15) is 4.98 Å². The number of nitrogens with zero attached hydrogens (tertiary/aromatic N) is 4. The molecule has 0 saturated carbocycles. The molecular formula is C12H18N6O. The number of aromatic nitrogens is 4. The van der Waals surface area contributed by atoms with Gasteiger partial charge < -0.3 is 15.2 Å². The maximum Gasteiger partial charge on any atom is 0.223 e. The van der Waals surface area contributed by atoms with Crippen molar-refractivity contribution in [3.8, 4) is 0 Å². The van der Waals surface area contributed by atoms with E-state index in [9.17, 15) is 0 Å². The van der Waals surface area contributed by atoms with Crippen LogP contribution < -0.4 is 10.6 Å². The van der Waals surface area contributed by atoms with E-state index in [1.807, 2.05) is 6.07 Å². The molecular weight excluding hydrogens is 244 g/mol. The summed E-state index contributed by atoms with van der Waals surface area (Å²) < 4.78 is 4.91. The predicted molar refractivity (Wildman–Crippen MR) is 72.0 cm³/mol. The molecule has 0 fully saturated rings. The van der Waals surface area contributed by atoms with Gasteiger partial charge in [-0.3, -0.25) is 0 Å². The van der Waals surface area contributed by atoms with E-state index >= 15 is 0 Å². The normalized spacial score (nSPS) is 10.4. The lowest BCUT2D eigenvalue weighted by atomic mass is 10.4. The van der Waals surface area contributed by atoms with Gasteiger partial charge in [0.25, 0.3) is 0 Å². The third-order valence-corrected chi connectivity index (χ3v) is 2.45. The zero-order valence-corrected chi connectivity index (χ0v) is 11.2. The van der Waals surface area contributed by atoms with Gasteiger partial charge in [-0.05, 0) is 6.42 Å². The van der Waals surface area contributed by atoms with Gasteiger partial charge in [-0.1, -0.05) is 12.1 Å². The Morgan fingerprint density at radius 2 is 1.89 bits per heavy atom. The van der Waals surface area contributed by atoms with Crippen LogP contribution in [0.25, 0.3) is 0 Å². The summed E-state index contributed by atoms with van der Waals surface area (Å²) in [5, 5.41) is 10.3. The topological polar surface area (TPSA) is 88.8 Å². The Kier molecular flexibility index (Phi) is 4.66. The summed E-state index contributed by atoms with van der Waals surface area (Å²) in [6, 6.07) is 1.89. The van der Waals surface area contributed by atoms with Crippen molar-refractivity contribution < 1.29 is 4.52 Å². The molecule has 2 aromatic rings. The lowest BCUT2D eigenvalue weighted by Crippen LogP contribution is -2.09. The Bertz CT molecular complexity index is 512. The SMILES string of the molecule is CCCNc1cc(NCCc2noc(C)n2)ncn1. The van der Waals surface area contributed by atoms with Gasteiger partial charge >= 0.3 is 0 Å². The molecule has 0 aliphatic heterocycles. The number of anilines is 2. The fourth-order valence-corrected chi connectivity index (χ4v) is 1.55. The van der Waals surface area contributed by atoms with Crippen LogP contribution in [0.1, 0.15) is 25.1 Å². The number of rotatable bonds is 7. The lowest BCUT2D eigenvalue weighted by Gasteiger charge is -2.06. The van der Waals surface area contributed by atoms with Crippen molar-refractivity contribution in [2.45, 2.75) is 26.7 Å². The fraction of sp³-hybridized carbons (Fsp3) is 0.500. The van der Waals surface area contributed by atoms with Gasteiger partial charge in [0.2, 0.25) is 5.89 Å². The van der Waals surface area contributed by atoms with Crippen LogP contribution in [0.15, 0.2) is 16.9 Å². The minimum absolute atomic E-state index is 0.586. The molecule has 2 rings (SSSR count). The van der Waals surface area contributed by atoms with Crippen LogP contribution in [0.4, 0.5) is 11.6 Å². The van der Waals surface area contributed by atoms with Gasteiger partial charge in [-0.15, -0.1) is 0 Å². The summed E-state index contributed by atoms with van der Waals surface area (Å²) >= 11 is 0. The molecule has 0 aliphatic rings. The molecule has 102 valence electrons. The highest BCUT2D eigenvalue weighted by molar-refractivity contribution is 5.46. The van der Waals surface area contributed by atoms with Crippen LogP contribution in [0.3, 0.4) is 0 Å². The van der Waals surface area contributed by atoms with Gasteiger partial charge in [-0.25, -0.2) is 9.97 Å². The van der Waals surface area contributed by atoms with E-state index in [0.717, 1.165) is 24.6 Å².